The Morgan fingerprint density at radius 2 is 1.03 bits per heavy atom. The van der Waals surface area contributed by atoms with Gasteiger partial charge < -0.3 is 23.8 Å². The first-order valence-corrected chi connectivity index (χ1v) is 14.6. The lowest BCUT2D eigenvalue weighted by Crippen LogP contribution is -2.28. The number of hydrogen-bond donors (Lipinski definition) is 0. The maximum Gasteiger partial charge on any atom is 0.133 e. The summed E-state index contributed by atoms with van der Waals surface area (Å²) in [6, 6.07) is 7.95. The number of rotatable bonds is 11. The van der Waals surface area contributed by atoms with E-state index in [2.05, 4.69) is 51.3 Å². The summed E-state index contributed by atoms with van der Waals surface area (Å²) in [5.74, 6) is 1.64. The molecule has 0 bridgehead atoms. The van der Waals surface area contributed by atoms with E-state index in [1.807, 2.05) is 52.5 Å². The highest BCUT2D eigenvalue weighted by atomic mass is 35.5. The second kappa shape index (κ2) is 13.3. The second-order valence-electron chi connectivity index (χ2n) is 11.9. The molecule has 0 heterocycles. The van der Waals surface area contributed by atoms with Gasteiger partial charge in [0.1, 0.15) is 24.7 Å². The first kappa shape index (κ1) is 32.1. The molecule has 0 saturated carbocycles. The second-order valence-corrected chi connectivity index (χ2v) is 14.7. The van der Waals surface area contributed by atoms with Crippen LogP contribution in [0.3, 0.4) is 0 Å². The Morgan fingerprint density at radius 1 is 0.676 bits per heavy atom. The molecule has 2 aromatic carbocycles. The molecule has 8 heteroatoms. The zero-order valence-electron chi connectivity index (χ0n) is 24.5. The summed E-state index contributed by atoms with van der Waals surface area (Å²) >= 11 is 13.4. The molecule has 0 N–H and O–H groups in total. The standard InChI is InChI=1S/C29H45Cl2N2O3P/c1-28(2,3)22-16-20(30)18-24(26(22)35-14-12-32(7)8)37(34-11)25-19-21(31)17-23(29(4,5)6)27(25)36-15-13-33(9)10/h16-19H,12-15H2,1-11H3. The van der Waals surface area contributed by atoms with Crippen LogP contribution in [0.5, 0.6) is 11.5 Å². The van der Waals surface area contributed by atoms with E-state index >= 15 is 0 Å². The monoisotopic (exact) mass is 570 g/mol. The number of ether oxygens (including phenoxy) is 2. The van der Waals surface area contributed by atoms with Crippen LogP contribution in [0.4, 0.5) is 0 Å². The minimum absolute atomic E-state index is 0.183. The Hall–Kier alpha value is -1.07. The zero-order chi connectivity index (χ0) is 28.1. The predicted molar refractivity (Wildman–Crippen MR) is 162 cm³/mol. The van der Waals surface area contributed by atoms with Crippen LogP contribution in [-0.2, 0) is 15.4 Å². The predicted octanol–water partition coefficient (Wildman–Crippen LogP) is 6.46. The first-order chi connectivity index (χ1) is 17.1. The van der Waals surface area contributed by atoms with Gasteiger partial charge >= 0.3 is 0 Å². The van der Waals surface area contributed by atoms with E-state index in [9.17, 15) is 0 Å². The van der Waals surface area contributed by atoms with Crippen molar-refractivity contribution in [3.8, 4) is 11.5 Å². The highest BCUT2D eigenvalue weighted by molar-refractivity contribution is 7.69. The molecule has 0 spiro atoms. The molecule has 2 rings (SSSR count). The molecule has 5 nitrogen and oxygen atoms in total. The molecule has 37 heavy (non-hydrogen) atoms. The summed E-state index contributed by atoms with van der Waals surface area (Å²) in [4.78, 5) is 4.21. The third-order valence-corrected chi connectivity index (χ3v) is 8.22. The minimum Gasteiger partial charge on any atom is -0.491 e. The Balaban J connectivity index is 2.81. The van der Waals surface area contributed by atoms with E-state index in [4.69, 9.17) is 37.2 Å². The highest BCUT2D eigenvalue weighted by Crippen LogP contribution is 2.47. The zero-order valence-corrected chi connectivity index (χ0v) is 26.9. The molecule has 0 aliphatic heterocycles. The van der Waals surface area contributed by atoms with Crippen LogP contribution in [0, 0.1) is 0 Å². The number of halogens is 2. The van der Waals surface area contributed by atoms with E-state index in [-0.39, 0.29) is 10.8 Å². The van der Waals surface area contributed by atoms with Crippen molar-refractivity contribution in [2.75, 3.05) is 61.6 Å². The van der Waals surface area contributed by atoms with Gasteiger partial charge in [-0.3, -0.25) is 0 Å². The van der Waals surface area contributed by atoms with Gasteiger partial charge in [0.25, 0.3) is 0 Å². The van der Waals surface area contributed by atoms with Crippen LogP contribution in [-0.4, -0.2) is 71.4 Å². The van der Waals surface area contributed by atoms with E-state index in [1.54, 1.807) is 7.11 Å². The molecule has 0 aromatic heterocycles. The topological polar surface area (TPSA) is 34.2 Å². The molecule has 0 atom stereocenters. The molecule has 0 amide bonds. The van der Waals surface area contributed by atoms with Crippen LogP contribution >= 0.6 is 31.4 Å². The van der Waals surface area contributed by atoms with E-state index < -0.39 is 8.15 Å². The molecular formula is C29H45Cl2N2O3P. The maximum absolute atomic E-state index is 6.72. The fourth-order valence-electron chi connectivity index (χ4n) is 3.86. The van der Waals surface area contributed by atoms with E-state index in [0.717, 1.165) is 46.3 Å². The largest absolute Gasteiger partial charge is 0.491 e. The first-order valence-electron chi connectivity index (χ1n) is 12.6. The molecule has 0 aliphatic rings. The number of benzene rings is 2. The quantitative estimate of drug-likeness (QED) is 0.289. The van der Waals surface area contributed by atoms with Gasteiger partial charge in [0.05, 0.1) is 18.8 Å². The number of nitrogens with zero attached hydrogens (tertiary/aromatic N) is 2. The Kier molecular flexibility index (Phi) is 11.6. The molecule has 2 aromatic rings. The van der Waals surface area contributed by atoms with Crippen LogP contribution < -0.4 is 20.1 Å². The van der Waals surface area contributed by atoms with Gasteiger partial charge in [0.15, 0.2) is 0 Å². The lowest BCUT2D eigenvalue weighted by Gasteiger charge is -2.31. The SMILES string of the molecule is COP(c1cc(Cl)cc(C(C)(C)C)c1OCCN(C)C)c1cc(Cl)cc(C(C)(C)C)c1OCCN(C)C. The van der Waals surface area contributed by atoms with Gasteiger partial charge in [0.2, 0.25) is 0 Å². The summed E-state index contributed by atoms with van der Waals surface area (Å²) in [6.45, 7) is 15.7. The number of hydrogen-bond acceptors (Lipinski definition) is 5. The Morgan fingerprint density at radius 3 is 1.30 bits per heavy atom. The van der Waals surface area contributed by atoms with Crippen molar-refractivity contribution in [3.63, 3.8) is 0 Å². The van der Waals surface area contributed by atoms with E-state index in [0.29, 0.717) is 23.3 Å². The maximum atomic E-state index is 6.72. The molecule has 0 fully saturated rings. The summed E-state index contributed by atoms with van der Waals surface area (Å²) in [5.41, 5.74) is 1.73. The van der Waals surface area contributed by atoms with Gasteiger partial charge in [0, 0.05) is 41.4 Å². The van der Waals surface area contributed by atoms with Crippen molar-refractivity contribution >= 4 is 42.0 Å². The third-order valence-electron chi connectivity index (χ3n) is 5.87. The van der Waals surface area contributed by atoms with Crippen molar-refractivity contribution < 1.29 is 14.0 Å². The van der Waals surface area contributed by atoms with Crippen molar-refractivity contribution in [1.29, 1.82) is 0 Å². The van der Waals surface area contributed by atoms with Gasteiger partial charge in [-0.2, -0.15) is 0 Å². The van der Waals surface area contributed by atoms with Gasteiger partial charge in [-0.1, -0.05) is 64.7 Å². The van der Waals surface area contributed by atoms with Crippen LogP contribution in [0.1, 0.15) is 52.7 Å². The fourth-order valence-corrected chi connectivity index (χ4v) is 6.36. The smallest absolute Gasteiger partial charge is 0.133 e. The third kappa shape index (κ3) is 8.98. The number of likely N-dealkylation sites (N-methyl/N-ethyl adjacent to an activating group) is 2. The summed E-state index contributed by atoms with van der Waals surface area (Å²) < 4.78 is 19.3. The lowest BCUT2D eigenvalue weighted by molar-refractivity contribution is 0.258. The normalized spacial score (nSPS) is 12.6. The van der Waals surface area contributed by atoms with E-state index in [1.165, 1.54) is 0 Å². The van der Waals surface area contributed by atoms with Gasteiger partial charge in [-0.15, -0.1) is 0 Å². The van der Waals surface area contributed by atoms with Gasteiger partial charge in [-0.25, -0.2) is 0 Å². The van der Waals surface area contributed by atoms with Crippen LogP contribution in [0.2, 0.25) is 10.0 Å². The average molecular weight is 572 g/mol. The summed E-state index contributed by atoms with van der Waals surface area (Å²) in [7, 11) is 8.52. The van der Waals surface area contributed by atoms with Gasteiger partial charge in [-0.05, 0) is 63.3 Å². The lowest BCUT2D eigenvalue weighted by atomic mass is 9.86. The molecule has 208 valence electrons. The average Bonchev–Trinajstić information content (AvgIpc) is 2.74. The van der Waals surface area contributed by atoms with Crippen molar-refractivity contribution in [2.45, 2.75) is 52.4 Å². The molecule has 0 saturated heterocycles. The summed E-state index contributed by atoms with van der Waals surface area (Å²) in [6.07, 6.45) is 0. The van der Waals surface area contributed by atoms with Crippen LogP contribution in [0.25, 0.3) is 0 Å². The van der Waals surface area contributed by atoms with Crippen molar-refractivity contribution in [3.05, 3.63) is 45.4 Å². The fraction of sp³-hybridized carbons (Fsp3) is 0.586. The molecule has 0 aliphatic carbocycles. The highest BCUT2D eigenvalue weighted by Gasteiger charge is 2.32. The van der Waals surface area contributed by atoms with Crippen molar-refractivity contribution in [1.82, 2.24) is 9.80 Å². The molecule has 0 unspecified atom stereocenters. The minimum atomic E-state index is -1.36. The Bertz CT molecular complexity index is 965. The molecule has 0 radical (unpaired) electrons. The van der Waals surface area contributed by atoms with Crippen LogP contribution in [0.15, 0.2) is 24.3 Å². The summed E-state index contributed by atoms with van der Waals surface area (Å²) in [5, 5.41) is 3.15. The van der Waals surface area contributed by atoms with Crippen molar-refractivity contribution in [2.24, 2.45) is 0 Å². The Labute approximate surface area is 236 Å². The molecular weight excluding hydrogens is 526 g/mol.